The lowest BCUT2D eigenvalue weighted by molar-refractivity contribution is 0.0696. The van der Waals surface area contributed by atoms with Crippen LogP contribution in [0.4, 0.5) is 0 Å². The normalized spacial score (nSPS) is 22.8. The molecule has 2 aliphatic heterocycles. The van der Waals surface area contributed by atoms with Crippen molar-refractivity contribution < 1.29 is 23.1 Å². The summed E-state index contributed by atoms with van der Waals surface area (Å²) in [7, 11) is -3.72. The summed E-state index contributed by atoms with van der Waals surface area (Å²) in [5, 5.41) is 12.3. The van der Waals surface area contributed by atoms with Crippen molar-refractivity contribution >= 4 is 15.9 Å². The van der Waals surface area contributed by atoms with E-state index in [9.17, 15) is 18.3 Å². The van der Waals surface area contributed by atoms with Gasteiger partial charge in [0.05, 0.1) is 11.5 Å². The van der Waals surface area contributed by atoms with Crippen LogP contribution in [0.1, 0.15) is 36.0 Å². The van der Waals surface area contributed by atoms with Gasteiger partial charge in [0, 0.05) is 37.4 Å². The maximum Gasteiger partial charge on any atom is 0.251 e. The number of rotatable bonds is 5. The van der Waals surface area contributed by atoms with Crippen molar-refractivity contribution in [3.63, 3.8) is 0 Å². The second-order valence-corrected chi connectivity index (χ2v) is 8.37. The number of benzene rings is 1. The van der Waals surface area contributed by atoms with Gasteiger partial charge < -0.3 is 15.2 Å². The predicted molar refractivity (Wildman–Crippen MR) is 91.7 cm³/mol. The maximum absolute atomic E-state index is 12.8. The quantitative estimate of drug-likeness (QED) is 0.799. The van der Waals surface area contributed by atoms with Crippen LogP contribution in [-0.2, 0) is 14.8 Å². The molecule has 1 aromatic rings. The zero-order valence-corrected chi connectivity index (χ0v) is 14.9. The number of carbonyl (C=O) groups excluding carboxylic acids is 1. The van der Waals surface area contributed by atoms with Crippen LogP contribution < -0.4 is 5.32 Å². The topological polar surface area (TPSA) is 95.9 Å². The van der Waals surface area contributed by atoms with Gasteiger partial charge in [0.15, 0.2) is 0 Å². The van der Waals surface area contributed by atoms with Crippen molar-refractivity contribution in [2.75, 3.05) is 26.4 Å². The third-order valence-corrected chi connectivity index (χ3v) is 6.74. The van der Waals surface area contributed by atoms with E-state index in [-0.39, 0.29) is 29.5 Å². The van der Waals surface area contributed by atoms with Gasteiger partial charge >= 0.3 is 0 Å². The summed E-state index contributed by atoms with van der Waals surface area (Å²) in [6.07, 6.45) is 2.90. The van der Waals surface area contributed by atoms with Gasteiger partial charge in [-0.1, -0.05) is 6.07 Å². The molecule has 2 aliphatic rings. The van der Waals surface area contributed by atoms with Gasteiger partial charge in [-0.25, -0.2) is 8.42 Å². The van der Waals surface area contributed by atoms with Crippen molar-refractivity contribution in [3.8, 4) is 0 Å². The van der Waals surface area contributed by atoms with Gasteiger partial charge in [0.25, 0.3) is 5.91 Å². The number of hydrogen-bond acceptors (Lipinski definition) is 5. The van der Waals surface area contributed by atoms with E-state index >= 15 is 0 Å². The second-order valence-electron chi connectivity index (χ2n) is 6.48. The number of sulfonamides is 1. The number of hydrogen-bond donors (Lipinski definition) is 2. The minimum absolute atomic E-state index is 0.0545. The van der Waals surface area contributed by atoms with E-state index < -0.39 is 10.0 Å². The fourth-order valence-electron chi connectivity index (χ4n) is 3.35. The SMILES string of the molecule is O=C(NC1CCOCC1)c1cccc(S(=O)(=O)N2CCC[C@H]2CO)c1. The molecule has 8 heteroatoms. The lowest BCUT2D eigenvalue weighted by Gasteiger charge is -2.24. The molecular formula is C17H24N2O5S. The Labute approximate surface area is 148 Å². The molecule has 0 aliphatic carbocycles. The van der Waals surface area contributed by atoms with Crippen molar-refractivity contribution in [1.29, 1.82) is 0 Å². The van der Waals surface area contributed by atoms with Gasteiger partial charge in [0.2, 0.25) is 10.0 Å². The monoisotopic (exact) mass is 368 g/mol. The minimum Gasteiger partial charge on any atom is -0.395 e. The van der Waals surface area contributed by atoms with E-state index in [1.54, 1.807) is 12.1 Å². The van der Waals surface area contributed by atoms with Crippen LogP contribution >= 0.6 is 0 Å². The van der Waals surface area contributed by atoms with Crippen molar-refractivity contribution in [2.24, 2.45) is 0 Å². The summed E-state index contributed by atoms with van der Waals surface area (Å²) in [4.78, 5) is 12.5. The molecule has 1 atom stereocenters. The molecule has 3 rings (SSSR count). The Hall–Kier alpha value is -1.48. The summed E-state index contributed by atoms with van der Waals surface area (Å²) in [6.45, 7) is 1.45. The molecule has 2 saturated heterocycles. The summed E-state index contributed by atoms with van der Waals surface area (Å²) in [6, 6.07) is 5.77. The first-order valence-electron chi connectivity index (χ1n) is 8.64. The zero-order valence-electron chi connectivity index (χ0n) is 14.1. The Bertz CT molecular complexity index is 716. The van der Waals surface area contributed by atoms with Gasteiger partial charge in [0.1, 0.15) is 0 Å². The average molecular weight is 368 g/mol. The van der Waals surface area contributed by atoms with Gasteiger partial charge in [-0.15, -0.1) is 0 Å². The molecule has 0 aromatic heterocycles. The molecule has 2 N–H and O–H groups in total. The van der Waals surface area contributed by atoms with Crippen LogP contribution in [0.15, 0.2) is 29.2 Å². The first-order valence-corrected chi connectivity index (χ1v) is 10.1. The summed E-state index contributed by atoms with van der Waals surface area (Å²) >= 11 is 0. The number of nitrogens with zero attached hydrogens (tertiary/aromatic N) is 1. The van der Waals surface area contributed by atoms with Crippen LogP contribution in [-0.4, -0.2) is 62.2 Å². The Morgan fingerprint density at radius 1 is 1.28 bits per heavy atom. The number of nitrogens with one attached hydrogen (secondary N) is 1. The third-order valence-electron chi connectivity index (χ3n) is 4.79. The van der Waals surface area contributed by atoms with Crippen molar-refractivity contribution in [1.82, 2.24) is 9.62 Å². The second kappa shape index (κ2) is 7.82. The highest BCUT2D eigenvalue weighted by molar-refractivity contribution is 7.89. The molecule has 0 saturated carbocycles. The summed E-state index contributed by atoms with van der Waals surface area (Å²) in [5.41, 5.74) is 0.326. The molecule has 0 radical (unpaired) electrons. The molecule has 2 heterocycles. The lowest BCUT2D eigenvalue weighted by atomic mass is 10.1. The van der Waals surface area contributed by atoms with Gasteiger partial charge in [-0.05, 0) is 43.9 Å². The van der Waals surface area contributed by atoms with Crippen LogP contribution in [0, 0.1) is 0 Å². The van der Waals surface area contributed by atoms with E-state index in [0.717, 1.165) is 19.3 Å². The largest absolute Gasteiger partial charge is 0.395 e. The standard InChI is InChI=1S/C17H24N2O5S/c20-12-15-4-2-8-19(15)25(22,23)16-5-1-3-13(11-16)17(21)18-14-6-9-24-10-7-14/h1,3,5,11,14-15,20H,2,4,6-10,12H2,(H,18,21)/t15-/m0/s1. The highest BCUT2D eigenvalue weighted by Crippen LogP contribution is 2.26. The fraction of sp³-hybridized carbons (Fsp3) is 0.588. The Kier molecular flexibility index (Phi) is 5.73. The first-order chi connectivity index (χ1) is 12.0. The van der Waals surface area contributed by atoms with Crippen LogP contribution in [0.3, 0.4) is 0 Å². The van der Waals surface area contributed by atoms with E-state index in [2.05, 4.69) is 5.32 Å². The van der Waals surface area contributed by atoms with Crippen LogP contribution in [0.2, 0.25) is 0 Å². The Balaban J connectivity index is 1.77. The smallest absolute Gasteiger partial charge is 0.251 e. The van der Waals surface area contributed by atoms with Gasteiger partial charge in [-0.3, -0.25) is 4.79 Å². The van der Waals surface area contributed by atoms with E-state index in [4.69, 9.17) is 4.74 Å². The van der Waals surface area contributed by atoms with Crippen LogP contribution in [0.25, 0.3) is 0 Å². The van der Waals surface area contributed by atoms with Crippen molar-refractivity contribution in [2.45, 2.75) is 42.7 Å². The molecule has 0 unspecified atom stereocenters. The summed E-state index contributed by atoms with van der Waals surface area (Å²) < 4.78 is 32.3. The van der Waals surface area contributed by atoms with E-state index in [1.807, 2.05) is 0 Å². The molecule has 25 heavy (non-hydrogen) atoms. The predicted octanol–water partition coefficient (Wildman–Crippen LogP) is 0.741. The van der Waals surface area contributed by atoms with Crippen molar-refractivity contribution in [3.05, 3.63) is 29.8 Å². The molecule has 0 bridgehead atoms. The fourth-order valence-corrected chi connectivity index (χ4v) is 5.08. The molecular weight excluding hydrogens is 344 g/mol. The first kappa shape index (κ1) is 18.3. The summed E-state index contributed by atoms with van der Waals surface area (Å²) in [5.74, 6) is -0.274. The molecule has 0 spiro atoms. The highest BCUT2D eigenvalue weighted by atomic mass is 32.2. The Morgan fingerprint density at radius 3 is 2.76 bits per heavy atom. The Morgan fingerprint density at radius 2 is 2.04 bits per heavy atom. The van der Waals surface area contributed by atoms with E-state index in [0.29, 0.717) is 31.7 Å². The molecule has 2 fully saturated rings. The average Bonchev–Trinajstić information content (AvgIpc) is 3.12. The third kappa shape index (κ3) is 4.03. The number of aliphatic hydroxyl groups excluding tert-OH is 1. The van der Waals surface area contributed by atoms with E-state index in [1.165, 1.54) is 16.4 Å². The number of carbonyl (C=O) groups is 1. The van der Waals surface area contributed by atoms with Gasteiger partial charge in [-0.2, -0.15) is 4.31 Å². The number of amides is 1. The maximum atomic E-state index is 12.8. The number of ether oxygens (including phenoxy) is 1. The molecule has 138 valence electrons. The number of aliphatic hydroxyl groups is 1. The molecule has 1 amide bonds. The molecule has 7 nitrogen and oxygen atoms in total. The van der Waals surface area contributed by atoms with Crippen LogP contribution in [0.5, 0.6) is 0 Å². The zero-order chi connectivity index (χ0) is 17.9. The minimum atomic E-state index is -3.72. The highest BCUT2D eigenvalue weighted by Gasteiger charge is 2.35. The lowest BCUT2D eigenvalue weighted by Crippen LogP contribution is -2.39. The molecule has 1 aromatic carbocycles.